The largest absolute Gasteiger partial charge is 0.397 e. The number of carbonyl (C=O) groups is 3. The second kappa shape index (κ2) is 19.8. The fourth-order valence-electron chi connectivity index (χ4n) is 8.84. The van der Waals surface area contributed by atoms with Crippen LogP contribution in [0.25, 0.3) is 11.1 Å². The average Bonchev–Trinajstić information content (AvgIpc) is 3.63. The Kier molecular flexibility index (Phi) is 13.6. The lowest BCUT2D eigenvalue weighted by Gasteiger charge is -2.45. The maximum atomic E-state index is 13.3. The minimum atomic E-state index is -0.589. The Morgan fingerprint density at radius 3 is 2.23 bits per heavy atom. The molecule has 12 nitrogen and oxygen atoms in total. The summed E-state index contributed by atoms with van der Waals surface area (Å²) in [5, 5.41) is 18.6. The Balaban J connectivity index is 0.866. The first-order valence-electron chi connectivity index (χ1n) is 21.7. The summed E-state index contributed by atoms with van der Waals surface area (Å²) in [6, 6.07) is 41.7. The van der Waals surface area contributed by atoms with Gasteiger partial charge < -0.3 is 46.1 Å². The van der Waals surface area contributed by atoms with Gasteiger partial charge in [-0.3, -0.25) is 14.4 Å². The third-order valence-electron chi connectivity index (χ3n) is 12.4. The van der Waals surface area contributed by atoms with E-state index in [0.717, 1.165) is 71.5 Å². The zero-order chi connectivity index (χ0) is 42.9. The molecule has 0 aromatic heterocycles. The first-order valence-corrected chi connectivity index (χ1v) is 21.7. The number of likely N-dealkylation sites (tertiary alicyclic amines) is 1. The smallest absolute Gasteiger partial charge is 0.247 e. The van der Waals surface area contributed by atoms with Crippen LogP contribution in [0.3, 0.4) is 0 Å². The maximum Gasteiger partial charge on any atom is 0.247 e. The van der Waals surface area contributed by atoms with Crippen LogP contribution in [0.5, 0.6) is 0 Å². The van der Waals surface area contributed by atoms with Gasteiger partial charge in [0.05, 0.1) is 36.9 Å². The van der Waals surface area contributed by atoms with Crippen molar-refractivity contribution in [3.63, 3.8) is 0 Å². The van der Waals surface area contributed by atoms with Gasteiger partial charge in [0.25, 0.3) is 0 Å². The number of nitrogens with two attached hydrogens (primary N) is 1. The van der Waals surface area contributed by atoms with Crippen LogP contribution < -0.4 is 26.6 Å². The lowest BCUT2D eigenvalue weighted by molar-refractivity contribution is -0.253. The van der Waals surface area contributed by atoms with E-state index >= 15 is 0 Å². The standard InChI is InChI=1S/C50H56N6O6/c51-43-13-4-5-14-44(43)54-47(59)16-7-6-15-46(58)52-31-36-9-8-10-40(29-36)37-21-23-39(24-22-37)48-61-42(30-45(62-48)38-19-17-35(33-57)18-20-38)32-55-27-25-50(26-28-55)49(60)53-34-56(50)41-11-2-1-3-12-41/h1-5,8-14,17-24,29,42,45,48,57H,6-7,15-16,25-28,30-34,51H2,(H,52,58)(H,53,60)(H,54,59)/t42-,45+,48+/m1/s1. The molecule has 3 atom stereocenters. The van der Waals surface area contributed by atoms with E-state index in [1.807, 2.05) is 66.7 Å². The minimum Gasteiger partial charge on any atom is -0.397 e. The van der Waals surface area contributed by atoms with Crippen LogP contribution in [0.1, 0.15) is 79.6 Å². The molecule has 3 aliphatic heterocycles. The lowest BCUT2D eigenvalue weighted by Crippen LogP contribution is -2.57. The molecule has 3 fully saturated rings. The molecule has 0 unspecified atom stereocenters. The fourth-order valence-corrected chi connectivity index (χ4v) is 8.84. The predicted octanol–water partition coefficient (Wildman–Crippen LogP) is 7.22. The van der Waals surface area contributed by atoms with Crippen LogP contribution in [-0.4, -0.2) is 65.7 Å². The highest BCUT2D eigenvalue weighted by Gasteiger charge is 2.50. The normalized spacial score (nSPS) is 19.9. The van der Waals surface area contributed by atoms with E-state index in [-0.39, 0.29) is 36.5 Å². The number of aliphatic hydroxyl groups is 1. The number of para-hydroxylation sites is 3. The molecule has 0 aliphatic carbocycles. The summed E-state index contributed by atoms with van der Waals surface area (Å²) >= 11 is 0. The van der Waals surface area contributed by atoms with Gasteiger partial charge in [0, 0.05) is 56.7 Å². The Hall–Kier alpha value is -6.05. The lowest BCUT2D eigenvalue weighted by atomic mass is 9.85. The Bertz CT molecular complexity index is 2300. The number of piperidine rings is 1. The van der Waals surface area contributed by atoms with Crippen molar-refractivity contribution in [2.24, 2.45) is 0 Å². The Labute approximate surface area is 363 Å². The first-order chi connectivity index (χ1) is 30.3. The summed E-state index contributed by atoms with van der Waals surface area (Å²) in [4.78, 5) is 42.9. The van der Waals surface area contributed by atoms with Gasteiger partial charge in [0.2, 0.25) is 17.7 Å². The molecule has 6 N–H and O–H groups in total. The van der Waals surface area contributed by atoms with E-state index in [2.05, 4.69) is 74.3 Å². The monoisotopic (exact) mass is 836 g/mol. The van der Waals surface area contributed by atoms with Gasteiger partial charge in [-0.2, -0.15) is 0 Å². The van der Waals surface area contributed by atoms with Crippen LogP contribution in [0, 0.1) is 0 Å². The number of hydrogen-bond donors (Lipinski definition) is 5. The molecule has 5 aromatic rings. The molecule has 3 amide bonds. The van der Waals surface area contributed by atoms with Crippen LogP contribution in [0.4, 0.5) is 17.1 Å². The van der Waals surface area contributed by atoms with Crippen molar-refractivity contribution in [3.8, 4) is 11.1 Å². The summed E-state index contributed by atoms with van der Waals surface area (Å²) in [7, 11) is 0. The third kappa shape index (κ3) is 10.2. The van der Waals surface area contributed by atoms with E-state index in [4.69, 9.17) is 15.2 Å². The van der Waals surface area contributed by atoms with Gasteiger partial charge in [-0.15, -0.1) is 0 Å². The molecule has 3 saturated heterocycles. The van der Waals surface area contributed by atoms with Gasteiger partial charge in [0.15, 0.2) is 6.29 Å². The van der Waals surface area contributed by atoms with Gasteiger partial charge in [-0.1, -0.05) is 97.1 Å². The number of ether oxygens (including phenoxy) is 2. The van der Waals surface area contributed by atoms with E-state index in [9.17, 15) is 19.5 Å². The molecule has 0 saturated carbocycles. The van der Waals surface area contributed by atoms with Crippen LogP contribution in [0.15, 0.2) is 127 Å². The summed E-state index contributed by atoms with van der Waals surface area (Å²) in [6.45, 7) is 3.18. The second-order valence-electron chi connectivity index (χ2n) is 16.6. The van der Waals surface area contributed by atoms with Crippen molar-refractivity contribution in [1.82, 2.24) is 15.5 Å². The summed E-state index contributed by atoms with van der Waals surface area (Å²) < 4.78 is 13.4. The highest BCUT2D eigenvalue weighted by Crippen LogP contribution is 2.40. The topological polar surface area (TPSA) is 158 Å². The van der Waals surface area contributed by atoms with Crippen molar-refractivity contribution in [3.05, 3.63) is 150 Å². The van der Waals surface area contributed by atoms with Gasteiger partial charge >= 0.3 is 0 Å². The highest BCUT2D eigenvalue weighted by atomic mass is 16.7. The molecular formula is C50H56N6O6. The number of rotatable bonds is 15. The molecule has 12 heteroatoms. The van der Waals surface area contributed by atoms with Crippen LogP contribution in [0.2, 0.25) is 0 Å². The van der Waals surface area contributed by atoms with Crippen molar-refractivity contribution >= 4 is 34.8 Å². The maximum absolute atomic E-state index is 13.3. The van der Waals surface area contributed by atoms with Crippen molar-refractivity contribution in [2.45, 2.75) is 82.1 Å². The zero-order valence-corrected chi connectivity index (χ0v) is 35.0. The average molecular weight is 837 g/mol. The molecule has 0 radical (unpaired) electrons. The third-order valence-corrected chi connectivity index (χ3v) is 12.4. The highest BCUT2D eigenvalue weighted by molar-refractivity contribution is 5.94. The van der Waals surface area contributed by atoms with Crippen molar-refractivity contribution < 1.29 is 29.0 Å². The molecule has 3 aliphatic rings. The number of benzene rings is 5. The number of nitrogens with zero attached hydrogens (tertiary/aromatic N) is 2. The molecule has 3 heterocycles. The fraction of sp³-hybridized carbons (Fsp3) is 0.340. The summed E-state index contributed by atoms with van der Waals surface area (Å²) in [6.07, 6.45) is 3.10. The van der Waals surface area contributed by atoms with E-state index < -0.39 is 11.8 Å². The first kappa shape index (κ1) is 42.6. The zero-order valence-electron chi connectivity index (χ0n) is 35.0. The molecule has 0 bridgehead atoms. The molecule has 5 aromatic carbocycles. The number of aliphatic hydroxyl groups excluding tert-OH is 1. The van der Waals surface area contributed by atoms with E-state index in [1.54, 1.807) is 12.1 Å². The number of carbonyl (C=O) groups excluding carboxylic acids is 3. The molecule has 322 valence electrons. The summed E-state index contributed by atoms with van der Waals surface area (Å²) in [5.41, 5.74) is 13.4. The summed E-state index contributed by atoms with van der Waals surface area (Å²) in [5.74, 6) is -0.0687. The minimum absolute atomic E-state index is 0.0181. The SMILES string of the molecule is Nc1ccccc1NC(=O)CCCCC(=O)NCc1cccc(-c2ccc([C@H]3O[C@@H](CN4CCC5(CC4)C(=O)NCN5c4ccccc4)C[C@@H](c4ccc(CO)cc4)O3)cc2)c1. The Morgan fingerprint density at radius 1 is 0.774 bits per heavy atom. The number of amides is 3. The second-order valence-corrected chi connectivity index (χ2v) is 16.6. The molecule has 1 spiro atoms. The van der Waals surface area contributed by atoms with Crippen molar-refractivity contribution in [2.75, 3.05) is 42.3 Å². The Morgan fingerprint density at radius 2 is 1.48 bits per heavy atom. The van der Waals surface area contributed by atoms with Crippen molar-refractivity contribution in [1.29, 1.82) is 0 Å². The number of hydrogen-bond acceptors (Lipinski definition) is 9. The van der Waals surface area contributed by atoms with Gasteiger partial charge in [0.1, 0.15) is 5.54 Å². The van der Waals surface area contributed by atoms with E-state index in [1.165, 1.54) is 0 Å². The van der Waals surface area contributed by atoms with Gasteiger partial charge in [-0.05, 0) is 83.8 Å². The molecule has 8 rings (SSSR count). The predicted molar refractivity (Wildman–Crippen MR) is 240 cm³/mol. The number of nitrogens with one attached hydrogen (secondary N) is 3. The number of nitrogen functional groups attached to an aromatic ring is 1. The number of unbranched alkanes of at least 4 members (excludes halogenated alkanes) is 1. The molecule has 62 heavy (non-hydrogen) atoms. The van der Waals surface area contributed by atoms with Crippen LogP contribution >= 0.6 is 0 Å². The number of anilines is 3. The molecular weight excluding hydrogens is 781 g/mol. The van der Waals surface area contributed by atoms with E-state index in [0.29, 0.717) is 56.7 Å². The van der Waals surface area contributed by atoms with Gasteiger partial charge in [-0.25, -0.2) is 0 Å². The van der Waals surface area contributed by atoms with Crippen LogP contribution in [-0.2, 0) is 37.0 Å². The quantitative estimate of drug-likeness (QED) is 0.0543.